The van der Waals surface area contributed by atoms with Gasteiger partial charge < -0.3 is 19.8 Å². The van der Waals surface area contributed by atoms with Gasteiger partial charge in [-0.25, -0.2) is 0 Å². The minimum atomic E-state index is 0. The van der Waals surface area contributed by atoms with Crippen molar-refractivity contribution in [1.82, 2.24) is 10.3 Å². The highest BCUT2D eigenvalue weighted by molar-refractivity contribution is 6.35. The minimum absolute atomic E-state index is 0. The summed E-state index contributed by atoms with van der Waals surface area (Å²) < 4.78 is 11.8. The van der Waals surface area contributed by atoms with E-state index in [4.69, 9.17) is 32.7 Å². The monoisotopic (exact) mass is 504 g/mol. The lowest BCUT2D eigenvalue weighted by Crippen LogP contribution is -2.16. The van der Waals surface area contributed by atoms with Crippen molar-refractivity contribution in [3.8, 4) is 11.5 Å². The Labute approximate surface area is 210 Å². The third-order valence-electron chi connectivity index (χ3n) is 5.28. The normalized spacial score (nSPS) is 10.8. The Bertz CT molecular complexity index is 1190. The van der Waals surface area contributed by atoms with Crippen LogP contribution in [0.3, 0.4) is 0 Å². The van der Waals surface area contributed by atoms with Crippen LogP contribution >= 0.6 is 35.6 Å². The summed E-state index contributed by atoms with van der Waals surface area (Å²) in [6.45, 7) is 4.52. The lowest BCUT2D eigenvalue weighted by molar-refractivity contribution is 0.269. The van der Waals surface area contributed by atoms with Crippen molar-refractivity contribution in [3.63, 3.8) is 0 Å². The molecule has 0 unspecified atom stereocenters. The number of hydrogen-bond acceptors (Lipinski definition) is 3. The molecule has 1 heterocycles. The minimum Gasteiger partial charge on any atom is -0.490 e. The molecule has 0 atom stereocenters. The number of H-pyrrole nitrogens is 1. The first-order valence-corrected chi connectivity index (χ1v) is 11.5. The number of ether oxygens (including phenoxy) is 2. The van der Waals surface area contributed by atoms with E-state index in [0.29, 0.717) is 29.0 Å². The third-order valence-corrected chi connectivity index (χ3v) is 5.87. The molecule has 3 aromatic carbocycles. The summed E-state index contributed by atoms with van der Waals surface area (Å²) in [5.74, 6) is 1.42. The van der Waals surface area contributed by atoms with E-state index in [1.165, 1.54) is 16.5 Å². The largest absolute Gasteiger partial charge is 0.490 e. The number of halogens is 3. The molecule has 0 saturated heterocycles. The van der Waals surface area contributed by atoms with Crippen LogP contribution in [0.5, 0.6) is 11.5 Å². The van der Waals surface area contributed by atoms with Crippen LogP contribution < -0.4 is 14.8 Å². The summed E-state index contributed by atoms with van der Waals surface area (Å²) >= 11 is 12.2. The van der Waals surface area contributed by atoms with Crippen molar-refractivity contribution in [3.05, 3.63) is 93.6 Å². The van der Waals surface area contributed by atoms with Gasteiger partial charge >= 0.3 is 0 Å². The lowest BCUT2D eigenvalue weighted by atomic mass is 10.1. The molecule has 0 spiro atoms. The second-order valence-corrected chi connectivity index (χ2v) is 8.37. The molecule has 0 saturated carbocycles. The molecule has 0 radical (unpaired) electrons. The molecular formula is C26H27Cl3N2O2. The van der Waals surface area contributed by atoms with Gasteiger partial charge in [0.2, 0.25) is 0 Å². The molecule has 0 aliphatic heterocycles. The number of fused-ring (bicyclic) bond motifs is 1. The summed E-state index contributed by atoms with van der Waals surface area (Å²) in [5.41, 5.74) is 4.53. The predicted molar refractivity (Wildman–Crippen MR) is 139 cm³/mol. The van der Waals surface area contributed by atoms with Crippen molar-refractivity contribution >= 4 is 46.5 Å². The molecule has 174 valence electrons. The molecule has 0 aliphatic carbocycles. The molecule has 7 heteroatoms. The van der Waals surface area contributed by atoms with E-state index >= 15 is 0 Å². The smallest absolute Gasteiger partial charge is 0.161 e. The maximum atomic E-state index is 6.26. The summed E-state index contributed by atoms with van der Waals surface area (Å²) in [7, 11) is 0. The fourth-order valence-corrected chi connectivity index (χ4v) is 4.10. The molecule has 0 fully saturated rings. The van der Waals surface area contributed by atoms with Crippen LogP contribution in [0.4, 0.5) is 0 Å². The van der Waals surface area contributed by atoms with Gasteiger partial charge in [-0.1, -0.05) is 53.5 Å². The molecular weight excluding hydrogens is 479 g/mol. The van der Waals surface area contributed by atoms with Crippen LogP contribution in [0.2, 0.25) is 10.0 Å². The summed E-state index contributed by atoms with van der Waals surface area (Å²) in [5, 5.41) is 6.01. The van der Waals surface area contributed by atoms with E-state index in [1.807, 2.05) is 31.2 Å². The van der Waals surface area contributed by atoms with Crippen LogP contribution in [0.25, 0.3) is 10.9 Å². The second-order valence-electron chi connectivity index (χ2n) is 7.52. The molecule has 1 aromatic heterocycles. The quantitative estimate of drug-likeness (QED) is 0.224. The number of hydrogen-bond donors (Lipinski definition) is 2. The van der Waals surface area contributed by atoms with Crippen LogP contribution in [-0.2, 0) is 19.6 Å². The van der Waals surface area contributed by atoms with Gasteiger partial charge in [0.15, 0.2) is 11.5 Å². The summed E-state index contributed by atoms with van der Waals surface area (Å²) in [4.78, 5) is 3.33. The van der Waals surface area contributed by atoms with Crippen molar-refractivity contribution < 1.29 is 9.47 Å². The highest BCUT2D eigenvalue weighted by Crippen LogP contribution is 2.30. The Morgan fingerprint density at radius 2 is 1.76 bits per heavy atom. The van der Waals surface area contributed by atoms with Crippen molar-refractivity contribution in [2.45, 2.75) is 26.5 Å². The van der Waals surface area contributed by atoms with Crippen molar-refractivity contribution in [2.75, 3.05) is 13.2 Å². The Morgan fingerprint density at radius 1 is 0.909 bits per heavy atom. The average Bonchev–Trinajstić information content (AvgIpc) is 3.20. The fraction of sp³-hybridized carbons (Fsp3) is 0.231. The van der Waals surface area contributed by atoms with Gasteiger partial charge in [0.1, 0.15) is 6.61 Å². The Morgan fingerprint density at radius 3 is 2.58 bits per heavy atom. The zero-order valence-corrected chi connectivity index (χ0v) is 20.7. The Kier molecular flexibility index (Phi) is 9.33. The van der Waals surface area contributed by atoms with E-state index < -0.39 is 0 Å². The fourth-order valence-electron chi connectivity index (χ4n) is 3.64. The Balaban J connectivity index is 0.00000306. The van der Waals surface area contributed by atoms with Crippen molar-refractivity contribution in [1.29, 1.82) is 0 Å². The highest BCUT2D eigenvalue weighted by atomic mass is 35.5. The van der Waals surface area contributed by atoms with Gasteiger partial charge in [0.05, 0.1) is 6.61 Å². The lowest BCUT2D eigenvalue weighted by Gasteiger charge is -2.14. The van der Waals surface area contributed by atoms with E-state index in [1.54, 1.807) is 12.1 Å². The van der Waals surface area contributed by atoms with Crippen LogP contribution in [0.1, 0.15) is 23.6 Å². The first-order chi connectivity index (χ1) is 15.6. The van der Waals surface area contributed by atoms with Crippen LogP contribution in [0.15, 0.2) is 66.9 Å². The van der Waals surface area contributed by atoms with E-state index in [2.05, 4.69) is 40.8 Å². The summed E-state index contributed by atoms with van der Waals surface area (Å²) in [6, 6.07) is 19.8. The number of rotatable bonds is 10. The first kappa shape index (κ1) is 25.3. The molecule has 4 rings (SSSR count). The molecule has 0 bridgehead atoms. The number of aromatic nitrogens is 1. The third kappa shape index (κ3) is 6.58. The number of nitrogens with one attached hydrogen (secondary N) is 2. The maximum Gasteiger partial charge on any atom is 0.161 e. The van der Waals surface area contributed by atoms with Gasteiger partial charge in [-0.15, -0.1) is 12.4 Å². The predicted octanol–water partition coefficient (Wildman–Crippen LogP) is 7.21. The molecule has 0 aliphatic rings. The molecule has 0 amide bonds. The van der Waals surface area contributed by atoms with Gasteiger partial charge in [-0.2, -0.15) is 0 Å². The standard InChI is InChI=1S/C26H26Cl2N2O2.ClH/c1-2-31-26-13-18(7-10-25(26)32-17-20-8-9-21(27)14-23(20)28)15-29-12-11-19-16-30-24-6-4-3-5-22(19)24;/h3-10,13-14,16,29-30H,2,11-12,15,17H2,1H3;1H. The van der Waals surface area contributed by atoms with Crippen molar-refractivity contribution in [2.24, 2.45) is 0 Å². The van der Waals surface area contributed by atoms with Gasteiger partial charge in [0.25, 0.3) is 0 Å². The average molecular weight is 506 g/mol. The summed E-state index contributed by atoms with van der Waals surface area (Å²) in [6.07, 6.45) is 3.06. The molecule has 4 nitrogen and oxygen atoms in total. The second kappa shape index (κ2) is 12.2. The van der Waals surface area contributed by atoms with E-state index in [9.17, 15) is 0 Å². The molecule has 4 aromatic rings. The number of para-hydroxylation sites is 1. The topological polar surface area (TPSA) is 46.3 Å². The van der Waals surface area contributed by atoms with Gasteiger partial charge in [-0.3, -0.25) is 0 Å². The van der Waals surface area contributed by atoms with Gasteiger partial charge in [0, 0.05) is 39.3 Å². The van der Waals surface area contributed by atoms with Crippen LogP contribution in [0, 0.1) is 0 Å². The van der Waals surface area contributed by atoms with Gasteiger partial charge in [-0.05, 0) is 61.3 Å². The van der Waals surface area contributed by atoms with E-state index in [-0.39, 0.29) is 12.4 Å². The molecule has 2 N–H and O–H groups in total. The zero-order valence-electron chi connectivity index (χ0n) is 18.4. The van der Waals surface area contributed by atoms with Crippen LogP contribution in [-0.4, -0.2) is 18.1 Å². The highest BCUT2D eigenvalue weighted by Gasteiger charge is 2.09. The Hall–Kier alpha value is -2.37. The first-order valence-electron chi connectivity index (χ1n) is 10.7. The number of benzene rings is 3. The molecule has 33 heavy (non-hydrogen) atoms. The van der Waals surface area contributed by atoms with E-state index in [0.717, 1.165) is 36.4 Å². The SMILES string of the molecule is CCOc1cc(CNCCc2c[nH]c3ccccc23)ccc1OCc1ccc(Cl)cc1Cl.Cl. The number of aromatic amines is 1. The zero-order chi connectivity index (χ0) is 22.3. The maximum absolute atomic E-state index is 6.26.